The summed E-state index contributed by atoms with van der Waals surface area (Å²) in [7, 11) is 0. The molecule has 2 heterocycles. The molecule has 1 aliphatic rings. The summed E-state index contributed by atoms with van der Waals surface area (Å²) in [4.78, 5) is 4.38. The lowest BCUT2D eigenvalue weighted by Crippen LogP contribution is -2.33. The van der Waals surface area contributed by atoms with Crippen molar-refractivity contribution in [2.75, 3.05) is 13.2 Å². The van der Waals surface area contributed by atoms with E-state index in [4.69, 9.17) is 4.74 Å². The number of ether oxygens (including phenoxy) is 1. The molecule has 0 radical (unpaired) electrons. The van der Waals surface area contributed by atoms with Gasteiger partial charge in [0.15, 0.2) is 0 Å². The van der Waals surface area contributed by atoms with Crippen LogP contribution >= 0.6 is 0 Å². The van der Waals surface area contributed by atoms with Crippen LogP contribution in [0, 0.1) is 12.8 Å². The second-order valence-electron chi connectivity index (χ2n) is 4.62. The van der Waals surface area contributed by atoms with E-state index in [1.807, 2.05) is 6.20 Å². The zero-order valence-electron chi connectivity index (χ0n) is 10.1. The van der Waals surface area contributed by atoms with Crippen molar-refractivity contribution in [3.8, 4) is 0 Å². The first kappa shape index (κ1) is 11.6. The van der Waals surface area contributed by atoms with Gasteiger partial charge in [-0.3, -0.25) is 4.98 Å². The summed E-state index contributed by atoms with van der Waals surface area (Å²) < 4.78 is 5.39. The Morgan fingerprint density at radius 3 is 3.06 bits per heavy atom. The van der Waals surface area contributed by atoms with E-state index in [9.17, 15) is 0 Å². The van der Waals surface area contributed by atoms with Crippen molar-refractivity contribution in [1.29, 1.82) is 0 Å². The molecule has 2 unspecified atom stereocenters. The lowest BCUT2D eigenvalue weighted by atomic mass is 10.0. The Morgan fingerprint density at radius 1 is 1.56 bits per heavy atom. The van der Waals surface area contributed by atoms with E-state index in [-0.39, 0.29) is 0 Å². The molecule has 2 rings (SSSR count). The molecule has 0 spiro atoms. The lowest BCUT2D eigenvalue weighted by Gasteiger charge is -2.18. The number of nitrogens with one attached hydrogen (secondary N) is 1. The zero-order valence-corrected chi connectivity index (χ0v) is 10.1. The zero-order chi connectivity index (χ0) is 11.4. The maximum absolute atomic E-state index is 5.39. The van der Waals surface area contributed by atoms with Gasteiger partial charge in [-0.05, 0) is 37.8 Å². The number of nitrogens with zero attached hydrogens (tertiary/aromatic N) is 1. The van der Waals surface area contributed by atoms with Gasteiger partial charge in [0.2, 0.25) is 0 Å². The minimum atomic E-state index is 0.505. The Labute approximate surface area is 97.2 Å². The summed E-state index contributed by atoms with van der Waals surface area (Å²) in [6.07, 6.45) is 3.09. The van der Waals surface area contributed by atoms with Crippen LogP contribution in [0.4, 0.5) is 0 Å². The van der Waals surface area contributed by atoms with E-state index in [0.717, 1.165) is 25.5 Å². The Balaban J connectivity index is 1.80. The fourth-order valence-corrected chi connectivity index (χ4v) is 1.98. The maximum atomic E-state index is 5.39. The van der Waals surface area contributed by atoms with Crippen molar-refractivity contribution in [3.63, 3.8) is 0 Å². The summed E-state index contributed by atoms with van der Waals surface area (Å²) in [6.45, 7) is 6.95. The third-order valence-electron chi connectivity index (χ3n) is 3.25. The number of hydrogen-bond acceptors (Lipinski definition) is 3. The molecule has 1 aromatic rings. The molecule has 0 amide bonds. The van der Waals surface area contributed by atoms with Gasteiger partial charge in [-0.15, -0.1) is 0 Å². The molecule has 1 fully saturated rings. The molecule has 0 aliphatic carbocycles. The van der Waals surface area contributed by atoms with Gasteiger partial charge in [-0.25, -0.2) is 0 Å². The first-order valence-electron chi connectivity index (χ1n) is 5.98. The number of aryl methyl sites for hydroxylation is 1. The molecular formula is C13H20N2O. The highest BCUT2D eigenvalue weighted by atomic mass is 16.5. The molecule has 1 N–H and O–H groups in total. The molecule has 0 saturated carbocycles. The number of hydrogen-bond donors (Lipinski definition) is 1. The highest BCUT2D eigenvalue weighted by Gasteiger charge is 2.21. The first-order chi connectivity index (χ1) is 7.75. The molecule has 2 atom stereocenters. The molecule has 1 aliphatic heterocycles. The van der Waals surface area contributed by atoms with Crippen LogP contribution in [0.5, 0.6) is 0 Å². The Kier molecular flexibility index (Phi) is 3.91. The first-order valence-corrected chi connectivity index (χ1v) is 5.98. The lowest BCUT2D eigenvalue weighted by molar-refractivity contribution is 0.178. The van der Waals surface area contributed by atoms with E-state index in [0.29, 0.717) is 12.0 Å². The average molecular weight is 220 g/mol. The molecule has 16 heavy (non-hydrogen) atoms. The SMILES string of the molecule is Cc1ccc(CNC(C)C2CCOC2)nc1. The van der Waals surface area contributed by atoms with E-state index >= 15 is 0 Å². The van der Waals surface area contributed by atoms with Crippen molar-refractivity contribution in [2.45, 2.75) is 32.9 Å². The van der Waals surface area contributed by atoms with Crippen molar-refractivity contribution in [3.05, 3.63) is 29.6 Å². The van der Waals surface area contributed by atoms with Gasteiger partial charge in [0.25, 0.3) is 0 Å². The summed E-state index contributed by atoms with van der Waals surface area (Å²) in [5.41, 5.74) is 2.32. The Morgan fingerprint density at radius 2 is 2.44 bits per heavy atom. The fourth-order valence-electron chi connectivity index (χ4n) is 1.98. The molecule has 0 aromatic carbocycles. The molecule has 1 aromatic heterocycles. The van der Waals surface area contributed by atoms with Crippen LogP contribution in [-0.2, 0) is 11.3 Å². The highest BCUT2D eigenvalue weighted by molar-refractivity contribution is 5.12. The van der Waals surface area contributed by atoms with E-state index < -0.39 is 0 Å². The van der Waals surface area contributed by atoms with Gasteiger partial charge in [-0.2, -0.15) is 0 Å². The molecule has 88 valence electrons. The summed E-state index contributed by atoms with van der Waals surface area (Å²) in [6, 6.07) is 4.69. The Hall–Kier alpha value is -0.930. The summed E-state index contributed by atoms with van der Waals surface area (Å²) in [5, 5.41) is 3.52. The van der Waals surface area contributed by atoms with Crippen molar-refractivity contribution in [1.82, 2.24) is 10.3 Å². The minimum Gasteiger partial charge on any atom is -0.381 e. The highest BCUT2D eigenvalue weighted by Crippen LogP contribution is 2.16. The quantitative estimate of drug-likeness (QED) is 0.841. The van der Waals surface area contributed by atoms with Crippen LogP contribution in [0.1, 0.15) is 24.6 Å². The van der Waals surface area contributed by atoms with Gasteiger partial charge >= 0.3 is 0 Å². The summed E-state index contributed by atoms with van der Waals surface area (Å²) in [5.74, 6) is 0.658. The van der Waals surface area contributed by atoms with Crippen LogP contribution < -0.4 is 5.32 Å². The van der Waals surface area contributed by atoms with Gasteiger partial charge in [0.1, 0.15) is 0 Å². The monoisotopic (exact) mass is 220 g/mol. The summed E-state index contributed by atoms with van der Waals surface area (Å²) >= 11 is 0. The second-order valence-corrected chi connectivity index (χ2v) is 4.62. The van der Waals surface area contributed by atoms with Crippen LogP contribution in [0.15, 0.2) is 18.3 Å². The molecule has 3 heteroatoms. The number of aromatic nitrogens is 1. The normalized spacial score (nSPS) is 22.2. The largest absolute Gasteiger partial charge is 0.381 e. The van der Waals surface area contributed by atoms with Crippen LogP contribution in [0.3, 0.4) is 0 Å². The van der Waals surface area contributed by atoms with E-state index in [2.05, 4.69) is 36.3 Å². The average Bonchev–Trinajstić information content (AvgIpc) is 2.81. The molecule has 3 nitrogen and oxygen atoms in total. The van der Waals surface area contributed by atoms with Crippen molar-refractivity contribution >= 4 is 0 Å². The van der Waals surface area contributed by atoms with Gasteiger partial charge in [-0.1, -0.05) is 6.07 Å². The van der Waals surface area contributed by atoms with Gasteiger partial charge in [0.05, 0.1) is 12.3 Å². The smallest absolute Gasteiger partial charge is 0.0541 e. The maximum Gasteiger partial charge on any atom is 0.0541 e. The van der Waals surface area contributed by atoms with E-state index in [1.54, 1.807) is 0 Å². The third-order valence-corrected chi connectivity index (χ3v) is 3.25. The Bertz CT molecular complexity index is 317. The predicted octanol–water partition coefficient (Wildman–Crippen LogP) is 1.90. The standard InChI is InChI=1S/C13H20N2O/c1-10-3-4-13(15-7-10)8-14-11(2)12-5-6-16-9-12/h3-4,7,11-12,14H,5-6,8-9H2,1-2H3. The third kappa shape index (κ3) is 3.03. The molecular weight excluding hydrogens is 200 g/mol. The topological polar surface area (TPSA) is 34.1 Å². The van der Waals surface area contributed by atoms with Gasteiger partial charge < -0.3 is 10.1 Å². The molecule has 0 bridgehead atoms. The van der Waals surface area contributed by atoms with Crippen molar-refractivity contribution < 1.29 is 4.74 Å². The van der Waals surface area contributed by atoms with Crippen LogP contribution in [-0.4, -0.2) is 24.2 Å². The van der Waals surface area contributed by atoms with E-state index in [1.165, 1.54) is 12.0 Å². The minimum absolute atomic E-state index is 0.505. The fraction of sp³-hybridized carbons (Fsp3) is 0.615. The van der Waals surface area contributed by atoms with Crippen LogP contribution in [0.25, 0.3) is 0 Å². The molecule has 1 saturated heterocycles. The number of rotatable bonds is 4. The second kappa shape index (κ2) is 5.41. The van der Waals surface area contributed by atoms with Crippen molar-refractivity contribution in [2.24, 2.45) is 5.92 Å². The number of pyridine rings is 1. The predicted molar refractivity (Wildman–Crippen MR) is 64.2 cm³/mol. The van der Waals surface area contributed by atoms with Crippen LogP contribution in [0.2, 0.25) is 0 Å². The van der Waals surface area contributed by atoms with Gasteiger partial charge in [0, 0.05) is 25.4 Å².